The second-order valence-corrected chi connectivity index (χ2v) is 6.98. The number of benzene rings is 2. The van der Waals surface area contributed by atoms with Crippen LogP contribution in [-0.2, 0) is 0 Å². The highest BCUT2D eigenvalue weighted by Crippen LogP contribution is 2.29. The lowest BCUT2D eigenvalue weighted by molar-refractivity contribution is 0.0999. The summed E-state index contributed by atoms with van der Waals surface area (Å²) in [5, 5.41) is 0. The molecule has 0 aliphatic carbocycles. The van der Waals surface area contributed by atoms with Crippen LogP contribution in [0.2, 0.25) is 0 Å². The van der Waals surface area contributed by atoms with Gasteiger partial charge in [-0.3, -0.25) is 9.59 Å². The minimum Gasteiger partial charge on any atom is -0.472 e. The average molecular weight is 387 g/mol. The van der Waals surface area contributed by atoms with E-state index >= 15 is 0 Å². The first-order chi connectivity index (χ1) is 14.1. The molecule has 0 saturated carbocycles. The Bertz CT molecular complexity index is 1020. The second kappa shape index (κ2) is 8.14. The molecule has 146 valence electrons. The molecule has 4 rings (SSSR count). The van der Waals surface area contributed by atoms with Crippen LogP contribution in [0.3, 0.4) is 0 Å². The molecular formula is C23H21N3O3. The van der Waals surface area contributed by atoms with E-state index in [1.807, 2.05) is 48.5 Å². The van der Waals surface area contributed by atoms with Gasteiger partial charge >= 0.3 is 0 Å². The van der Waals surface area contributed by atoms with Crippen molar-refractivity contribution in [1.29, 1.82) is 0 Å². The number of aldehydes is 1. The summed E-state index contributed by atoms with van der Waals surface area (Å²) in [5.41, 5.74) is 9.24. The van der Waals surface area contributed by atoms with Gasteiger partial charge in [0.05, 0.1) is 12.1 Å². The smallest absolute Gasteiger partial charge is 0.250 e. The van der Waals surface area contributed by atoms with Gasteiger partial charge in [0.25, 0.3) is 0 Å². The van der Waals surface area contributed by atoms with Gasteiger partial charge in [-0.05, 0) is 29.3 Å². The molecule has 2 heterocycles. The quantitative estimate of drug-likeness (QED) is 0.656. The van der Waals surface area contributed by atoms with Gasteiger partial charge in [0, 0.05) is 36.5 Å². The zero-order valence-corrected chi connectivity index (χ0v) is 15.8. The van der Waals surface area contributed by atoms with E-state index in [9.17, 15) is 9.59 Å². The summed E-state index contributed by atoms with van der Waals surface area (Å²) < 4.78 is 5.94. The minimum atomic E-state index is -0.517. The number of pyridine rings is 1. The molecule has 1 fully saturated rings. The van der Waals surface area contributed by atoms with Crippen molar-refractivity contribution in [2.45, 2.75) is 12.5 Å². The maximum absolute atomic E-state index is 11.7. The SMILES string of the molecule is NC(=O)c1ccc(OC2CCN(c3ccc(-c4ccccc4)cc3C=O)C2)nc1. The molecule has 2 N–H and O–H groups in total. The fourth-order valence-corrected chi connectivity index (χ4v) is 3.56. The molecule has 1 saturated heterocycles. The fourth-order valence-electron chi connectivity index (χ4n) is 3.56. The Morgan fingerprint density at radius 3 is 2.62 bits per heavy atom. The molecule has 6 nitrogen and oxygen atoms in total. The van der Waals surface area contributed by atoms with E-state index in [0.717, 1.165) is 36.1 Å². The predicted octanol–water partition coefficient (Wildman–Crippen LogP) is 3.32. The molecule has 1 aliphatic rings. The van der Waals surface area contributed by atoms with Gasteiger partial charge in [-0.15, -0.1) is 0 Å². The number of hydrogen-bond acceptors (Lipinski definition) is 5. The maximum atomic E-state index is 11.7. The molecule has 1 atom stereocenters. The Morgan fingerprint density at radius 1 is 1.10 bits per heavy atom. The number of aromatic nitrogens is 1. The number of ether oxygens (including phenoxy) is 1. The highest BCUT2D eigenvalue weighted by Gasteiger charge is 2.26. The van der Waals surface area contributed by atoms with Crippen molar-refractivity contribution in [3.63, 3.8) is 0 Å². The number of amides is 1. The van der Waals surface area contributed by atoms with Gasteiger partial charge in [-0.2, -0.15) is 0 Å². The molecule has 1 aliphatic heterocycles. The van der Waals surface area contributed by atoms with Crippen molar-refractivity contribution in [2.75, 3.05) is 18.0 Å². The van der Waals surface area contributed by atoms with E-state index in [2.05, 4.69) is 9.88 Å². The number of anilines is 1. The first-order valence-electron chi connectivity index (χ1n) is 9.46. The van der Waals surface area contributed by atoms with Gasteiger partial charge in [0.1, 0.15) is 6.10 Å². The van der Waals surface area contributed by atoms with Crippen molar-refractivity contribution in [2.24, 2.45) is 5.73 Å². The van der Waals surface area contributed by atoms with Crippen molar-refractivity contribution in [3.8, 4) is 17.0 Å². The molecule has 0 radical (unpaired) electrons. The first-order valence-corrected chi connectivity index (χ1v) is 9.46. The molecule has 1 aromatic heterocycles. The third-order valence-electron chi connectivity index (χ3n) is 5.06. The van der Waals surface area contributed by atoms with Crippen LogP contribution >= 0.6 is 0 Å². The van der Waals surface area contributed by atoms with Gasteiger partial charge in [0.15, 0.2) is 6.29 Å². The Morgan fingerprint density at radius 2 is 1.93 bits per heavy atom. The summed E-state index contributed by atoms with van der Waals surface area (Å²) in [6.45, 7) is 1.44. The van der Waals surface area contributed by atoms with Gasteiger partial charge < -0.3 is 15.4 Å². The zero-order chi connectivity index (χ0) is 20.2. The van der Waals surface area contributed by atoms with Gasteiger partial charge in [-0.1, -0.05) is 36.4 Å². The Kier molecular flexibility index (Phi) is 5.24. The van der Waals surface area contributed by atoms with E-state index in [0.29, 0.717) is 23.6 Å². The maximum Gasteiger partial charge on any atom is 0.250 e. The predicted molar refractivity (Wildman–Crippen MR) is 111 cm³/mol. The van der Waals surface area contributed by atoms with E-state index in [4.69, 9.17) is 10.5 Å². The minimum absolute atomic E-state index is 0.0461. The number of carbonyl (C=O) groups is 2. The summed E-state index contributed by atoms with van der Waals surface area (Å²) in [4.78, 5) is 29.2. The van der Waals surface area contributed by atoms with E-state index in [1.165, 1.54) is 6.20 Å². The summed E-state index contributed by atoms with van der Waals surface area (Å²) >= 11 is 0. The van der Waals surface area contributed by atoms with Crippen molar-refractivity contribution >= 4 is 17.9 Å². The van der Waals surface area contributed by atoms with Crippen LogP contribution in [0.5, 0.6) is 5.88 Å². The lowest BCUT2D eigenvalue weighted by Crippen LogP contribution is -2.25. The zero-order valence-electron chi connectivity index (χ0n) is 15.8. The summed E-state index contributed by atoms with van der Waals surface area (Å²) in [6.07, 6.45) is 3.09. The third kappa shape index (κ3) is 4.11. The number of nitrogens with two attached hydrogens (primary N) is 1. The Labute approximate surface area is 168 Å². The Balaban J connectivity index is 1.47. The largest absolute Gasteiger partial charge is 0.472 e. The standard InChI is InChI=1S/C23H21N3O3/c24-23(28)18-7-9-22(25-13-18)29-20-10-11-26(14-20)21-8-6-17(12-19(21)15-27)16-4-2-1-3-5-16/h1-9,12-13,15,20H,10-11,14H2,(H2,24,28). The lowest BCUT2D eigenvalue weighted by Gasteiger charge is -2.21. The molecule has 0 spiro atoms. The Hall–Kier alpha value is -3.67. The normalized spacial score (nSPS) is 15.9. The van der Waals surface area contributed by atoms with Crippen LogP contribution in [0.1, 0.15) is 27.1 Å². The van der Waals surface area contributed by atoms with Crippen LogP contribution in [-0.4, -0.2) is 36.4 Å². The number of nitrogens with zero attached hydrogens (tertiary/aromatic N) is 2. The van der Waals surface area contributed by atoms with Crippen LogP contribution < -0.4 is 15.4 Å². The molecule has 29 heavy (non-hydrogen) atoms. The van der Waals surface area contributed by atoms with Gasteiger partial charge in [-0.25, -0.2) is 4.98 Å². The van der Waals surface area contributed by atoms with Crippen LogP contribution in [0, 0.1) is 0 Å². The summed E-state index contributed by atoms with van der Waals surface area (Å²) in [7, 11) is 0. The number of hydrogen-bond donors (Lipinski definition) is 1. The molecule has 6 heteroatoms. The van der Waals surface area contributed by atoms with Crippen LogP contribution in [0.15, 0.2) is 66.9 Å². The molecule has 3 aromatic rings. The molecule has 0 bridgehead atoms. The first kappa shape index (κ1) is 18.7. The van der Waals surface area contributed by atoms with Crippen LogP contribution in [0.4, 0.5) is 5.69 Å². The van der Waals surface area contributed by atoms with E-state index in [1.54, 1.807) is 12.1 Å². The number of carbonyl (C=O) groups excluding carboxylic acids is 2. The molecule has 2 aromatic carbocycles. The topological polar surface area (TPSA) is 85.5 Å². The van der Waals surface area contributed by atoms with E-state index in [-0.39, 0.29) is 6.10 Å². The molecular weight excluding hydrogens is 366 g/mol. The monoisotopic (exact) mass is 387 g/mol. The average Bonchev–Trinajstić information content (AvgIpc) is 3.22. The highest BCUT2D eigenvalue weighted by molar-refractivity contribution is 5.92. The van der Waals surface area contributed by atoms with Crippen molar-refractivity contribution in [3.05, 3.63) is 78.0 Å². The fraction of sp³-hybridized carbons (Fsp3) is 0.174. The third-order valence-corrected chi connectivity index (χ3v) is 5.06. The van der Waals surface area contributed by atoms with Gasteiger partial charge in [0.2, 0.25) is 11.8 Å². The van der Waals surface area contributed by atoms with E-state index < -0.39 is 5.91 Å². The highest BCUT2D eigenvalue weighted by atomic mass is 16.5. The molecule has 1 unspecified atom stereocenters. The molecule has 1 amide bonds. The van der Waals surface area contributed by atoms with Crippen molar-refractivity contribution in [1.82, 2.24) is 4.98 Å². The summed E-state index contributed by atoms with van der Waals surface area (Å²) in [6, 6.07) is 19.2. The van der Waals surface area contributed by atoms with Crippen LogP contribution in [0.25, 0.3) is 11.1 Å². The van der Waals surface area contributed by atoms with Crippen molar-refractivity contribution < 1.29 is 14.3 Å². The number of primary amides is 1. The number of rotatable bonds is 6. The summed E-state index contributed by atoms with van der Waals surface area (Å²) in [5.74, 6) is -0.0617. The second-order valence-electron chi connectivity index (χ2n) is 6.98. The lowest BCUT2D eigenvalue weighted by atomic mass is 10.0.